The van der Waals surface area contributed by atoms with Crippen LogP contribution in [0, 0.1) is 18.3 Å². The maximum absolute atomic E-state index is 9.04. The molecule has 0 radical (unpaired) electrons. The Hall–Kier alpha value is -1.64. The number of nitriles is 1. The molecule has 1 aromatic heterocycles. The summed E-state index contributed by atoms with van der Waals surface area (Å²) in [6.45, 7) is 6.62. The SMILES string of the molecule is Cc1ccc(N2CCCN(CCO)CC2)nc1C#N. The van der Waals surface area contributed by atoms with Crippen molar-refractivity contribution in [2.75, 3.05) is 44.2 Å². The zero-order valence-electron chi connectivity index (χ0n) is 11.3. The first-order valence-corrected chi connectivity index (χ1v) is 6.70. The van der Waals surface area contributed by atoms with Crippen molar-refractivity contribution in [1.29, 1.82) is 5.26 Å². The van der Waals surface area contributed by atoms with Crippen molar-refractivity contribution in [2.45, 2.75) is 13.3 Å². The van der Waals surface area contributed by atoms with Crippen molar-refractivity contribution in [3.8, 4) is 6.07 Å². The van der Waals surface area contributed by atoms with E-state index in [0.717, 1.165) is 50.5 Å². The van der Waals surface area contributed by atoms with Crippen LogP contribution in [0.25, 0.3) is 0 Å². The lowest BCUT2D eigenvalue weighted by molar-refractivity contribution is 0.204. The lowest BCUT2D eigenvalue weighted by atomic mass is 10.2. The van der Waals surface area contributed by atoms with Gasteiger partial charge in [0.2, 0.25) is 0 Å². The number of aryl methyl sites for hydroxylation is 1. The fourth-order valence-electron chi connectivity index (χ4n) is 2.37. The van der Waals surface area contributed by atoms with E-state index in [-0.39, 0.29) is 6.61 Å². The molecule has 0 spiro atoms. The van der Waals surface area contributed by atoms with Gasteiger partial charge in [-0.15, -0.1) is 0 Å². The average Bonchev–Trinajstić information content (AvgIpc) is 2.66. The molecule has 1 saturated heterocycles. The maximum atomic E-state index is 9.04. The lowest BCUT2D eigenvalue weighted by Crippen LogP contribution is -2.32. The van der Waals surface area contributed by atoms with Crippen molar-refractivity contribution in [3.63, 3.8) is 0 Å². The monoisotopic (exact) mass is 260 g/mol. The van der Waals surface area contributed by atoms with Crippen LogP contribution in [-0.4, -0.2) is 54.3 Å². The third kappa shape index (κ3) is 3.43. The first-order valence-electron chi connectivity index (χ1n) is 6.70. The lowest BCUT2D eigenvalue weighted by Gasteiger charge is -2.22. The molecule has 0 saturated carbocycles. The van der Waals surface area contributed by atoms with Crippen LogP contribution in [-0.2, 0) is 0 Å². The molecule has 1 aliphatic rings. The molecule has 5 heteroatoms. The van der Waals surface area contributed by atoms with Crippen LogP contribution in [0.15, 0.2) is 12.1 Å². The summed E-state index contributed by atoms with van der Waals surface area (Å²) in [5, 5.41) is 18.0. The minimum Gasteiger partial charge on any atom is -0.395 e. The largest absolute Gasteiger partial charge is 0.395 e. The molecule has 1 aromatic rings. The number of β-amino-alcohol motifs (C(OH)–C–C–N with tert-alkyl or cyclic N) is 1. The average molecular weight is 260 g/mol. The zero-order valence-corrected chi connectivity index (χ0v) is 11.3. The molecule has 2 rings (SSSR count). The molecule has 1 aliphatic heterocycles. The molecule has 0 bridgehead atoms. The molecule has 5 nitrogen and oxygen atoms in total. The number of aromatic nitrogens is 1. The summed E-state index contributed by atoms with van der Waals surface area (Å²) in [6, 6.07) is 6.08. The highest BCUT2D eigenvalue weighted by Gasteiger charge is 2.16. The standard InChI is InChI=1S/C14H20N4O/c1-12-3-4-14(16-13(12)11-15)18-6-2-5-17(7-8-18)9-10-19/h3-4,19H,2,5-10H2,1H3. The normalized spacial score (nSPS) is 17.0. The van der Waals surface area contributed by atoms with Gasteiger partial charge in [-0.1, -0.05) is 6.07 Å². The number of nitrogens with zero attached hydrogens (tertiary/aromatic N) is 4. The Balaban J connectivity index is 2.08. The van der Waals surface area contributed by atoms with E-state index in [1.807, 2.05) is 19.1 Å². The van der Waals surface area contributed by atoms with E-state index in [2.05, 4.69) is 20.9 Å². The number of aliphatic hydroxyl groups is 1. The van der Waals surface area contributed by atoms with Gasteiger partial charge in [0.15, 0.2) is 0 Å². The summed E-state index contributed by atoms with van der Waals surface area (Å²) in [4.78, 5) is 8.91. The Bertz CT molecular complexity index is 469. The van der Waals surface area contributed by atoms with Crippen LogP contribution in [0.1, 0.15) is 17.7 Å². The Kier molecular flexibility index (Phi) is 4.72. The van der Waals surface area contributed by atoms with Gasteiger partial charge in [-0.25, -0.2) is 4.98 Å². The van der Waals surface area contributed by atoms with E-state index in [1.54, 1.807) is 0 Å². The van der Waals surface area contributed by atoms with Gasteiger partial charge in [-0.05, 0) is 31.5 Å². The molecule has 1 fully saturated rings. The van der Waals surface area contributed by atoms with Crippen molar-refractivity contribution >= 4 is 5.82 Å². The third-order valence-corrected chi connectivity index (χ3v) is 3.52. The van der Waals surface area contributed by atoms with Crippen LogP contribution in [0.5, 0.6) is 0 Å². The van der Waals surface area contributed by atoms with Crippen LogP contribution < -0.4 is 4.90 Å². The van der Waals surface area contributed by atoms with Gasteiger partial charge in [0.25, 0.3) is 0 Å². The Morgan fingerprint density at radius 3 is 2.89 bits per heavy atom. The molecule has 2 heterocycles. The van der Waals surface area contributed by atoms with Gasteiger partial charge in [0.1, 0.15) is 17.6 Å². The third-order valence-electron chi connectivity index (χ3n) is 3.52. The minimum absolute atomic E-state index is 0.210. The van der Waals surface area contributed by atoms with Gasteiger partial charge in [0.05, 0.1) is 6.61 Å². The fourth-order valence-corrected chi connectivity index (χ4v) is 2.37. The van der Waals surface area contributed by atoms with Gasteiger partial charge >= 0.3 is 0 Å². The van der Waals surface area contributed by atoms with Crippen LogP contribution in [0.3, 0.4) is 0 Å². The molecule has 19 heavy (non-hydrogen) atoms. The topological polar surface area (TPSA) is 63.4 Å². The Morgan fingerprint density at radius 2 is 2.16 bits per heavy atom. The van der Waals surface area contributed by atoms with E-state index in [1.165, 1.54) is 0 Å². The van der Waals surface area contributed by atoms with Gasteiger partial charge in [0, 0.05) is 26.2 Å². The molecular weight excluding hydrogens is 240 g/mol. The number of hydrogen-bond acceptors (Lipinski definition) is 5. The van der Waals surface area contributed by atoms with Crippen LogP contribution in [0.4, 0.5) is 5.82 Å². The summed E-state index contributed by atoms with van der Waals surface area (Å²) in [6.07, 6.45) is 1.05. The first kappa shape index (κ1) is 13.8. The number of hydrogen-bond donors (Lipinski definition) is 1. The quantitative estimate of drug-likeness (QED) is 0.869. The summed E-state index contributed by atoms with van der Waals surface area (Å²) >= 11 is 0. The second kappa shape index (κ2) is 6.50. The van der Waals surface area contributed by atoms with Crippen molar-refractivity contribution < 1.29 is 5.11 Å². The first-order chi connectivity index (χ1) is 9.24. The molecular formula is C14H20N4O. The highest BCUT2D eigenvalue weighted by Crippen LogP contribution is 2.16. The van der Waals surface area contributed by atoms with Crippen LogP contribution in [0.2, 0.25) is 0 Å². The van der Waals surface area contributed by atoms with E-state index >= 15 is 0 Å². The molecule has 102 valence electrons. The predicted octanol–water partition coefficient (Wildman–Crippen LogP) is 0.766. The molecule has 0 unspecified atom stereocenters. The number of aliphatic hydroxyl groups excluding tert-OH is 1. The van der Waals surface area contributed by atoms with Gasteiger partial charge in [-0.3, -0.25) is 4.90 Å². The van der Waals surface area contributed by atoms with Crippen molar-refractivity contribution in [1.82, 2.24) is 9.88 Å². The smallest absolute Gasteiger partial charge is 0.145 e. The predicted molar refractivity (Wildman–Crippen MR) is 74.0 cm³/mol. The van der Waals surface area contributed by atoms with Crippen LogP contribution >= 0.6 is 0 Å². The maximum Gasteiger partial charge on any atom is 0.145 e. The van der Waals surface area contributed by atoms with Gasteiger partial charge in [-0.2, -0.15) is 5.26 Å². The molecule has 0 atom stereocenters. The highest BCUT2D eigenvalue weighted by molar-refractivity contribution is 5.44. The number of rotatable bonds is 3. The van der Waals surface area contributed by atoms with E-state index in [4.69, 9.17) is 10.4 Å². The summed E-state index contributed by atoms with van der Waals surface area (Å²) in [7, 11) is 0. The van der Waals surface area contributed by atoms with Gasteiger partial charge < -0.3 is 10.0 Å². The zero-order chi connectivity index (χ0) is 13.7. The van der Waals surface area contributed by atoms with Crippen molar-refractivity contribution in [3.05, 3.63) is 23.4 Å². The van der Waals surface area contributed by atoms with E-state index in [9.17, 15) is 0 Å². The number of pyridine rings is 1. The summed E-state index contributed by atoms with van der Waals surface area (Å²) in [5.41, 5.74) is 1.43. The minimum atomic E-state index is 0.210. The Morgan fingerprint density at radius 1 is 1.32 bits per heavy atom. The number of anilines is 1. The van der Waals surface area contributed by atoms with Crippen molar-refractivity contribution in [2.24, 2.45) is 0 Å². The summed E-state index contributed by atoms with van der Waals surface area (Å²) < 4.78 is 0. The Labute approximate surface area is 114 Å². The second-order valence-corrected chi connectivity index (χ2v) is 4.85. The fraction of sp³-hybridized carbons (Fsp3) is 0.571. The molecule has 1 N–H and O–H groups in total. The van der Waals surface area contributed by atoms with E-state index < -0.39 is 0 Å². The molecule has 0 aromatic carbocycles. The van der Waals surface area contributed by atoms with E-state index in [0.29, 0.717) is 5.69 Å². The molecule has 0 aliphatic carbocycles. The molecule has 0 amide bonds. The summed E-state index contributed by atoms with van der Waals surface area (Å²) in [5.74, 6) is 0.882. The second-order valence-electron chi connectivity index (χ2n) is 4.85. The highest BCUT2D eigenvalue weighted by atomic mass is 16.3.